The Morgan fingerprint density at radius 2 is 1.94 bits per heavy atom. The van der Waals surface area contributed by atoms with Gasteiger partial charge in [0.25, 0.3) is 5.56 Å². The predicted molar refractivity (Wildman–Crippen MR) is 106 cm³/mol. The summed E-state index contributed by atoms with van der Waals surface area (Å²) in [6.07, 6.45) is 3.56. The summed E-state index contributed by atoms with van der Waals surface area (Å²) >= 11 is 0. The lowest BCUT2D eigenvalue weighted by Crippen LogP contribution is -2.13. The van der Waals surface area contributed by atoms with Gasteiger partial charge in [-0.1, -0.05) is 5.16 Å². The molecule has 0 atom stereocenters. The summed E-state index contributed by atoms with van der Waals surface area (Å²) in [6, 6.07) is 7.15. The van der Waals surface area contributed by atoms with Crippen LogP contribution >= 0.6 is 0 Å². The van der Waals surface area contributed by atoms with Crippen LogP contribution in [0.4, 0.5) is 0 Å². The molecule has 1 aromatic heterocycles. The zero-order chi connectivity index (χ0) is 21.8. The number of carbonyl (C=O) groups is 1. The lowest BCUT2D eigenvalue weighted by Gasteiger charge is -2.10. The number of nitrogens with zero attached hydrogens (tertiary/aromatic N) is 4. The van der Waals surface area contributed by atoms with Crippen LogP contribution < -0.4 is 15.0 Å². The highest BCUT2D eigenvalue weighted by Crippen LogP contribution is 2.21. The highest BCUT2D eigenvalue weighted by Gasteiger charge is 2.22. The molecule has 31 heavy (non-hydrogen) atoms. The molecule has 1 N–H and O–H groups in total. The minimum Gasteiger partial charge on any atom is -0.497 e. The van der Waals surface area contributed by atoms with Gasteiger partial charge in [-0.05, 0) is 24.3 Å². The second-order valence-electron chi connectivity index (χ2n) is 6.53. The molecule has 4 rings (SSSR count). The number of hydrogen-bond acceptors (Lipinski definition) is 9. The van der Waals surface area contributed by atoms with Gasteiger partial charge in [0.2, 0.25) is 11.7 Å². The summed E-state index contributed by atoms with van der Waals surface area (Å²) in [7, 11) is 2.86. The smallest absolute Gasteiger partial charge is 0.341 e. The summed E-state index contributed by atoms with van der Waals surface area (Å²) < 4.78 is 22.5. The largest absolute Gasteiger partial charge is 0.497 e. The normalized spacial score (nSPS) is 10.9. The van der Waals surface area contributed by atoms with E-state index in [4.69, 9.17) is 18.7 Å². The Hall–Kier alpha value is -4.15. The highest BCUT2D eigenvalue weighted by molar-refractivity contribution is 5.95. The van der Waals surface area contributed by atoms with Crippen molar-refractivity contribution in [3.05, 3.63) is 64.3 Å². The Kier molecular flexibility index (Phi) is 5.65. The number of carbonyl (C=O) groups excluding carboxylic acids is 1. The van der Waals surface area contributed by atoms with Crippen LogP contribution in [-0.4, -0.2) is 45.1 Å². The van der Waals surface area contributed by atoms with Crippen molar-refractivity contribution in [2.75, 3.05) is 14.2 Å². The number of ether oxygens (including phenoxy) is 3. The molecule has 160 valence electrons. The third-order valence-corrected chi connectivity index (χ3v) is 4.54. The van der Waals surface area contributed by atoms with Crippen LogP contribution in [0.5, 0.6) is 11.5 Å². The number of aromatic amines is 1. The van der Waals surface area contributed by atoms with E-state index in [-0.39, 0.29) is 23.4 Å². The number of benzene rings is 1. The lowest BCUT2D eigenvalue weighted by molar-refractivity contribution is 0.0600. The molecule has 0 radical (unpaired) electrons. The van der Waals surface area contributed by atoms with Crippen molar-refractivity contribution in [3.63, 3.8) is 0 Å². The molecule has 0 fully saturated rings. The van der Waals surface area contributed by atoms with Crippen molar-refractivity contribution in [3.8, 4) is 22.8 Å². The van der Waals surface area contributed by atoms with Crippen LogP contribution in [-0.2, 0) is 24.3 Å². The van der Waals surface area contributed by atoms with E-state index in [1.807, 2.05) is 0 Å². The van der Waals surface area contributed by atoms with E-state index in [1.165, 1.54) is 7.11 Å². The van der Waals surface area contributed by atoms with Crippen LogP contribution in [0.25, 0.3) is 11.3 Å². The number of esters is 1. The molecular weight excluding hydrogens is 406 g/mol. The van der Waals surface area contributed by atoms with Crippen molar-refractivity contribution in [2.24, 2.45) is 0 Å². The Bertz CT molecular complexity index is 1210. The first kappa shape index (κ1) is 20.1. The van der Waals surface area contributed by atoms with Gasteiger partial charge in [-0.15, -0.1) is 0 Å². The Balaban J connectivity index is 1.41. The van der Waals surface area contributed by atoms with Gasteiger partial charge >= 0.3 is 5.97 Å². The van der Waals surface area contributed by atoms with Gasteiger partial charge in [0.1, 0.15) is 22.8 Å². The molecule has 0 saturated heterocycles. The maximum Gasteiger partial charge on any atom is 0.341 e. The van der Waals surface area contributed by atoms with Gasteiger partial charge < -0.3 is 23.3 Å². The number of methoxy groups -OCH3 is 2. The van der Waals surface area contributed by atoms with Crippen molar-refractivity contribution >= 4 is 5.97 Å². The van der Waals surface area contributed by atoms with Gasteiger partial charge in [0.15, 0.2) is 6.61 Å². The van der Waals surface area contributed by atoms with E-state index in [0.717, 1.165) is 5.75 Å². The van der Waals surface area contributed by atoms with Gasteiger partial charge in [-0.3, -0.25) is 4.79 Å². The van der Waals surface area contributed by atoms with Crippen molar-refractivity contribution in [1.29, 1.82) is 0 Å². The molecule has 0 saturated carbocycles. The molecule has 3 heterocycles. The molecule has 11 nitrogen and oxygen atoms in total. The van der Waals surface area contributed by atoms with Crippen LogP contribution in [0.1, 0.15) is 22.1 Å². The fourth-order valence-electron chi connectivity index (χ4n) is 2.97. The first-order chi connectivity index (χ1) is 15.1. The minimum absolute atomic E-state index is 0.149. The second-order valence-corrected chi connectivity index (χ2v) is 6.53. The molecule has 2 aliphatic rings. The maximum atomic E-state index is 12.0. The zero-order valence-corrected chi connectivity index (χ0v) is 16.8. The lowest BCUT2D eigenvalue weighted by atomic mass is 10.1. The summed E-state index contributed by atoms with van der Waals surface area (Å²) in [4.78, 5) is 28.3. The summed E-state index contributed by atoms with van der Waals surface area (Å²) in [5.41, 5.74) is 0.369. The van der Waals surface area contributed by atoms with E-state index in [9.17, 15) is 9.59 Å². The topological polar surface area (TPSA) is 134 Å². The monoisotopic (exact) mass is 425 g/mol. The highest BCUT2D eigenvalue weighted by atomic mass is 16.5. The number of fused-ring (bicyclic) bond motifs is 1. The Morgan fingerprint density at radius 1 is 1.16 bits per heavy atom. The predicted octanol–water partition coefficient (Wildman–Crippen LogP) is 1.68. The number of aromatic nitrogens is 5. The van der Waals surface area contributed by atoms with Crippen molar-refractivity contribution in [2.45, 2.75) is 19.6 Å². The van der Waals surface area contributed by atoms with Gasteiger partial charge in [0.05, 0.1) is 19.8 Å². The van der Waals surface area contributed by atoms with Crippen LogP contribution in [0.3, 0.4) is 0 Å². The van der Waals surface area contributed by atoms with E-state index in [2.05, 4.69) is 20.3 Å². The molecule has 0 aliphatic carbocycles. The number of H-pyrrole nitrogens is 1. The van der Waals surface area contributed by atoms with Crippen LogP contribution in [0, 0.1) is 0 Å². The van der Waals surface area contributed by atoms with Gasteiger partial charge in [-0.25, -0.2) is 9.89 Å². The third-order valence-electron chi connectivity index (χ3n) is 4.54. The average Bonchev–Trinajstić information content (AvgIpc) is 3.42. The number of aryl methyl sites for hydroxylation is 2. The fraction of sp³-hybridized carbons (Fsp3) is 0.250. The minimum atomic E-state index is -0.582. The molecular formula is C20H19N5O6. The summed E-state index contributed by atoms with van der Waals surface area (Å²) in [5, 5.41) is 10.1. The maximum absolute atomic E-state index is 12.0. The molecule has 0 spiro atoms. The van der Waals surface area contributed by atoms with E-state index in [1.54, 1.807) is 48.3 Å². The zero-order valence-electron chi connectivity index (χ0n) is 16.8. The second kappa shape index (κ2) is 8.69. The summed E-state index contributed by atoms with van der Waals surface area (Å²) in [5.74, 6) is 1.61. The van der Waals surface area contributed by atoms with Crippen molar-refractivity contribution in [1.82, 2.24) is 24.9 Å². The number of hydrogen-bond donors (Lipinski definition) is 1. The van der Waals surface area contributed by atoms with E-state index < -0.39 is 5.97 Å². The molecule has 0 bridgehead atoms. The number of nitrogens with one attached hydrogen (secondary N) is 1. The first-order valence-corrected chi connectivity index (χ1v) is 9.32. The van der Waals surface area contributed by atoms with Gasteiger partial charge in [-0.2, -0.15) is 10.1 Å². The molecule has 0 unspecified atom stereocenters. The van der Waals surface area contributed by atoms with Crippen LogP contribution in [0.2, 0.25) is 0 Å². The first-order valence-electron chi connectivity index (χ1n) is 9.32. The summed E-state index contributed by atoms with van der Waals surface area (Å²) in [6.45, 7) is 0.543. The number of pyridine rings is 1. The third kappa shape index (κ3) is 4.39. The molecule has 2 aromatic rings. The Morgan fingerprint density at radius 3 is 2.68 bits per heavy atom. The van der Waals surface area contributed by atoms with E-state index in [0.29, 0.717) is 36.0 Å². The molecule has 1 aromatic carbocycles. The fourth-order valence-corrected chi connectivity index (χ4v) is 2.97. The molecule has 2 aliphatic heterocycles. The standard InChI is InChI=1S/C20H19N5O6/c1-28-12-3-5-13(6-4-12)30-11-16-21-17(31-24-16)7-8-25-9-14-18(22-23-19(14)26)15(10-25)20(27)29-2/h3-6,9-10H,7-8,11H2,1-2H3,(H,23,26). The molecule has 0 amide bonds. The number of rotatable bonds is 8. The van der Waals surface area contributed by atoms with E-state index >= 15 is 0 Å². The average molecular weight is 425 g/mol. The Labute approximate surface area is 175 Å². The SMILES string of the molecule is COC(=O)c1cn(CCc2nc(COc3ccc(OC)cc3)no2)cc2c(=O)[nH]nc1-2. The van der Waals surface area contributed by atoms with Gasteiger partial charge in [0, 0.05) is 25.4 Å². The molecule has 11 heteroatoms. The van der Waals surface area contributed by atoms with Crippen molar-refractivity contribution < 1.29 is 23.5 Å². The van der Waals surface area contributed by atoms with Crippen LogP contribution in [0.15, 0.2) is 46.0 Å². The quantitative estimate of drug-likeness (QED) is 0.418.